The van der Waals surface area contributed by atoms with E-state index in [0.29, 0.717) is 24.3 Å². The minimum Gasteiger partial charge on any atom is -0.430 e. The summed E-state index contributed by atoms with van der Waals surface area (Å²) in [7, 11) is 0. The third-order valence-electron chi connectivity index (χ3n) is 3.76. The molecule has 0 unspecified atom stereocenters. The van der Waals surface area contributed by atoms with Gasteiger partial charge in [0.05, 0.1) is 0 Å². The normalized spacial score (nSPS) is 14.2. The molecule has 0 atom stereocenters. The molecule has 2 amide bonds. The number of carbonyl (C=O) groups is 2. The van der Waals surface area contributed by atoms with Gasteiger partial charge in [-0.15, -0.1) is 0 Å². The molecule has 132 valence electrons. The number of fused-ring (bicyclic) bond motifs is 1. The Hall–Kier alpha value is -2.24. The van der Waals surface area contributed by atoms with E-state index in [1.165, 1.54) is 0 Å². The van der Waals surface area contributed by atoms with E-state index >= 15 is 0 Å². The Bertz CT molecular complexity index is 549. The third-order valence-corrected chi connectivity index (χ3v) is 3.76. The van der Waals surface area contributed by atoms with E-state index < -0.39 is 5.91 Å². The number of hydrogen-bond acceptors (Lipinski definition) is 4. The Morgan fingerprint density at radius 3 is 2.04 bits per heavy atom. The summed E-state index contributed by atoms with van der Waals surface area (Å²) >= 11 is 0. The van der Waals surface area contributed by atoms with Gasteiger partial charge in [-0.2, -0.15) is 0 Å². The van der Waals surface area contributed by atoms with Gasteiger partial charge in [0.2, 0.25) is 11.8 Å². The van der Waals surface area contributed by atoms with Crippen LogP contribution in [0.1, 0.15) is 52.4 Å². The number of benzene rings is 1. The van der Waals surface area contributed by atoms with Gasteiger partial charge in [-0.05, 0) is 25.0 Å². The summed E-state index contributed by atoms with van der Waals surface area (Å²) in [5.41, 5.74) is 0. The molecule has 6 heteroatoms. The van der Waals surface area contributed by atoms with E-state index in [4.69, 9.17) is 9.47 Å². The van der Waals surface area contributed by atoms with E-state index in [1.54, 1.807) is 12.1 Å². The Labute approximate surface area is 142 Å². The van der Waals surface area contributed by atoms with Crippen LogP contribution in [0.4, 0.5) is 0 Å². The van der Waals surface area contributed by atoms with Gasteiger partial charge >= 0.3 is 5.91 Å². The zero-order chi connectivity index (χ0) is 17.4. The molecule has 1 aromatic carbocycles. The molecule has 0 fully saturated rings. The van der Waals surface area contributed by atoms with Crippen molar-refractivity contribution in [2.45, 2.75) is 58.3 Å². The highest BCUT2D eigenvalue weighted by atomic mass is 16.8. The van der Waals surface area contributed by atoms with Crippen LogP contribution in [0.5, 0.6) is 11.5 Å². The molecule has 6 nitrogen and oxygen atoms in total. The molecule has 0 bridgehead atoms. The van der Waals surface area contributed by atoms with Gasteiger partial charge in [-0.25, -0.2) is 0 Å². The monoisotopic (exact) mass is 334 g/mol. The molecule has 1 heterocycles. The molecule has 1 aliphatic rings. The maximum absolute atomic E-state index is 12.1. The highest BCUT2D eigenvalue weighted by Gasteiger charge is 2.43. The molecule has 2 N–H and O–H groups in total. The molecule has 1 aromatic rings. The highest BCUT2D eigenvalue weighted by Crippen LogP contribution is 2.37. The summed E-state index contributed by atoms with van der Waals surface area (Å²) in [5.74, 6) is -0.516. The van der Waals surface area contributed by atoms with Gasteiger partial charge in [-0.1, -0.05) is 38.8 Å². The number of rotatable bonds is 9. The lowest BCUT2D eigenvalue weighted by molar-refractivity contribution is -0.147. The molecule has 0 radical (unpaired) electrons. The second-order valence-electron chi connectivity index (χ2n) is 5.94. The molecule has 0 spiro atoms. The van der Waals surface area contributed by atoms with Gasteiger partial charge in [0.1, 0.15) is 6.54 Å². The van der Waals surface area contributed by atoms with Crippen molar-refractivity contribution in [1.29, 1.82) is 0 Å². The van der Waals surface area contributed by atoms with E-state index in [1.807, 2.05) is 26.0 Å². The van der Waals surface area contributed by atoms with Crippen molar-refractivity contribution in [3.63, 3.8) is 0 Å². The Kier molecular flexibility index (Phi) is 6.46. The summed E-state index contributed by atoms with van der Waals surface area (Å²) in [6, 6.07) is 7.20. The predicted molar refractivity (Wildman–Crippen MR) is 90.6 cm³/mol. The van der Waals surface area contributed by atoms with Crippen LogP contribution in [0.15, 0.2) is 24.3 Å². The van der Waals surface area contributed by atoms with Crippen LogP contribution in [0.3, 0.4) is 0 Å². The second kappa shape index (κ2) is 8.57. The zero-order valence-corrected chi connectivity index (χ0v) is 14.4. The average molecular weight is 334 g/mol. The number of nitrogens with one attached hydrogen (secondary N) is 2. The van der Waals surface area contributed by atoms with E-state index in [2.05, 4.69) is 10.6 Å². The van der Waals surface area contributed by atoms with Crippen molar-refractivity contribution in [2.75, 3.05) is 6.54 Å². The quantitative estimate of drug-likeness (QED) is 0.728. The molecular weight excluding hydrogens is 308 g/mol. The van der Waals surface area contributed by atoms with Crippen LogP contribution in [0.25, 0.3) is 0 Å². The first-order valence-corrected chi connectivity index (χ1v) is 8.63. The Morgan fingerprint density at radius 2 is 1.50 bits per heavy atom. The van der Waals surface area contributed by atoms with Crippen LogP contribution >= 0.6 is 0 Å². The van der Waals surface area contributed by atoms with Crippen molar-refractivity contribution in [1.82, 2.24) is 10.6 Å². The molecule has 0 aliphatic carbocycles. The third kappa shape index (κ3) is 4.88. The number of unbranched alkanes of at least 4 members (excludes halogenated alkanes) is 2. The van der Waals surface area contributed by atoms with Crippen molar-refractivity contribution < 1.29 is 19.1 Å². The van der Waals surface area contributed by atoms with Gasteiger partial charge < -0.3 is 14.8 Å². The number of hydrogen-bond donors (Lipinski definition) is 2. The second-order valence-corrected chi connectivity index (χ2v) is 5.94. The van der Waals surface area contributed by atoms with Crippen LogP contribution < -0.4 is 20.1 Å². The molecule has 2 rings (SSSR count). The first-order valence-electron chi connectivity index (χ1n) is 8.63. The number of amides is 2. The standard InChI is InChI=1S/C18H26N2O4/c1-3-5-11-16(21)19-13-18(20-17(22)12-6-4-2)23-14-9-7-8-10-15(14)24-18/h7-10H,3-6,11-13H2,1-2H3,(H,19,21)(H,20,22). The molecular formula is C18H26N2O4. The number of para-hydroxylation sites is 2. The van der Waals surface area contributed by atoms with Crippen LogP contribution in [-0.4, -0.2) is 24.3 Å². The average Bonchev–Trinajstić information content (AvgIpc) is 2.94. The van der Waals surface area contributed by atoms with E-state index in [9.17, 15) is 9.59 Å². The lowest BCUT2D eigenvalue weighted by Crippen LogP contribution is -2.61. The van der Waals surface area contributed by atoms with E-state index in [-0.39, 0.29) is 18.4 Å². The molecule has 1 aliphatic heterocycles. The van der Waals surface area contributed by atoms with Crippen LogP contribution in [0.2, 0.25) is 0 Å². The zero-order valence-electron chi connectivity index (χ0n) is 14.4. The van der Waals surface area contributed by atoms with Gasteiger partial charge in [-0.3, -0.25) is 14.9 Å². The lowest BCUT2D eigenvalue weighted by atomic mass is 10.2. The minimum atomic E-state index is -1.38. The predicted octanol–water partition coefficient (Wildman–Crippen LogP) is 2.72. The maximum atomic E-state index is 12.1. The largest absolute Gasteiger partial charge is 0.430 e. The maximum Gasteiger partial charge on any atom is 0.356 e. The number of carbonyl (C=O) groups excluding carboxylic acids is 2. The number of ether oxygens (including phenoxy) is 2. The van der Waals surface area contributed by atoms with Gasteiger partial charge in [0.25, 0.3) is 0 Å². The van der Waals surface area contributed by atoms with E-state index in [0.717, 1.165) is 25.7 Å². The van der Waals surface area contributed by atoms with Crippen molar-refractivity contribution >= 4 is 11.8 Å². The summed E-state index contributed by atoms with van der Waals surface area (Å²) in [5, 5.41) is 5.58. The Balaban J connectivity index is 2.03. The summed E-state index contributed by atoms with van der Waals surface area (Å²) in [6.45, 7) is 4.11. The summed E-state index contributed by atoms with van der Waals surface area (Å²) in [4.78, 5) is 24.0. The fraction of sp³-hybridized carbons (Fsp3) is 0.556. The van der Waals surface area contributed by atoms with Gasteiger partial charge in [0.15, 0.2) is 11.5 Å². The summed E-state index contributed by atoms with van der Waals surface area (Å²) < 4.78 is 11.7. The molecule has 0 saturated heterocycles. The smallest absolute Gasteiger partial charge is 0.356 e. The summed E-state index contributed by atoms with van der Waals surface area (Å²) in [6.07, 6.45) is 4.33. The van der Waals surface area contributed by atoms with Crippen LogP contribution in [-0.2, 0) is 9.59 Å². The SMILES string of the molecule is CCCCC(=O)NCC1(NC(=O)CCCC)Oc2ccccc2O1. The van der Waals surface area contributed by atoms with Crippen molar-refractivity contribution in [2.24, 2.45) is 0 Å². The van der Waals surface area contributed by atoms with Crippen molar-refractivity contribution in [3.8, 4) is 11.5 Å². The van der Waals surface area contributed by atoms with Gasteiger partial charge in [0, 0.05) is 12.8 Å². The topological polar surface area (TPSA) is 76.7 Å². The first kappa shape index (κ1) is 18.1. The van der Waals surface area contributed by atoms with Crippen molar-refractivity contribution in [3.05, 3.63) is 24.3 Å². The lowest BCUT2D eigenvalue weighted by Gasteiger charge is -2.28. The minimum absolute atomic E-state index is 0.0576. The first-order chi connectivity index (χ1) is 11.6. The highest BCUT2D eigenvalue weighted by molar-refractivity contribution is 5.78. The van der Waals surface area contributed by atoms with Crippen LogP contribution in [0, 0.1) is 0 Å². The molecule has 24 heavy (non-hydrogen) atoms. The fourth-order valence-electron chi connectivity index (χ4n) is 2.42. The fourth-order valence-corrected chi connectivity index (χ4v) is 2.42. The molecule has 0 saturated carbocycles. The molecule has 0 aromatic heterocycles. The Morgan fingerprint density at radius 1 is 0.958 bits per heavy atom.